The van der Waals surface area contributed by atoms with Gasteiger partial charge < -0.3 is 14.2 Å². The van der Waals surface area contributed by atoms with Crippen molar-refractivity contribution in [2.24, 2.45) is 0 Å². The summed E-state index contributed by atoms with van der Waals surface area (Å²) in [5, 5.41) is 0. The topological polar surface area (TPSA) is 61.8 Å². The summed E-state index contributed by atoms with van der Waals surface area (Å²) in [6.07, 6.45) is 4.04. The summed E-state index contributed by atoms with van der Waals surface area (Å²) in [5.74, 6) is -0.931. The summed E-state index contributed by atoms with van der Waals surface area (Å²) in [4.78, 5) is 22.7. The van der Waals surface area contributed by atoms with Crippen molar-refractivity contribution >= 4 is 11.9 Å². The third-order valence-corrected chi connectivity index (χ3v) is 3.14. The molecule has 0 aromatic heterocycles. The van der Waals surface area contributed by atoms with Crippen molar-refractivity contribution in [1.82, 2.24) is 0 Å². The molecule has 5 nitrogen and oxygen atoms in total. The average Bonchev–Trinajstić information content (AvgIpc) is 2.87. The second-order valence-corrected chi connectivity index (χ2v) is 4.68. The molecule has 0 bridgehead atoms. The third-order valence-electron chi connectivity index (χ3n) is 3.14. The molecule has 1 heterocycles. The molecule has 96 valence electrons. The predicted octanol–water partition coefficient (Wildman–Crippen LogP) is 1.19. The van der Waals surface area contributed by atoms with Crippen LogP contribution in [0.1, 0.15) is 39.0 Å². The van der Waals surface area contributed by atoms with Crippen LogP contribution in [0.15, 0.2) is 0 Å². The molecule has 1 aliphatic heterocycles. The highest BCUT2D eigenvalue weighted by Gasteiger charge is 2.35. The van der Waals surface area contributed by atoms with E-state index < -0.39 is 18.0 Å². The van der Waals surface area contributed by atoms with Crippen LogP contribution in [0.25, 0.3) is 0 Å². The number of hydrogen-bond donors (Lipinski definition) is 0. The van der Waals surface area contributed by atoms with E-state index in [9.17, 15) is 9.59 Å². The van der Waals surface area contributed by atoms with Crippen molar-refractivity contribution in [3.8, 4) is 0 Å². The smallest absolute Gasteiger partial charge is 0.347 e. The first-order chi connectivity index (χ1) is 8.15. The molecule has 0 unspecified atom stereocenters. The monoisotopic (exact) mass is 242 g/mol. The van der Waals surface area contributed by atoms with Crippen molar-refractivity contribution in [3.63, 3.8) is 0 Å². The maximum absolute atomic E-state index is 11.5. The Kier molecular flexibility index (Phi) is 3.99. The Balaban J connectivity index is 1.68. The molecule has 2 fully saturated rings. The van der Waals surface area contributed by atoms with E-state index in [4.69, 9.17) is 14.2 Å². The number of carbonyl (C=O) groups excluding carboxylic acids is 2. The fourth-order valence-electron chi connectivity index (χ4n) is 2.25. The van der Waals surface area contributed by atoms with Crippen LogP contribution in [0.4, 0.5) is 0 Å². The van der Waals surface area contributed by atoms with Gasteiger partial charge in [-0.15, -0.1) is 0 Å². The molecule has 2 atom stereocenters. The minimum absolute atomic E-state index is 0.0666. The fraction of sp³-hybridized carbons (Fsp3) is 0.833. The number of cyclic esters (lactones) is 1. The van der Waals surface area contributed by atoms with E-state index in [0.29, 0.717) is 6.42 Å². The first-order valence-corrected chi connectivity index (χ1v) is 6.16. The normalized spacial score (nSPS) is 29.4. The van der Waals surface area contributed by atoms with Gasteiger partial charge in [0, 0.05) is 6.42 Å². The zero-order chi connectivity index (χ0) is 12.3. The van der Waals surface area contributed by atoms with Crippen LogP contribution in [-0.4, -0.2) is 36.9 Å². The maximum atomic E-state index is 11.5. The van der Waals surface area contributed by atoms with Crippen LogP contribution in [0.3, 0.4) is 0 Å². The number of hydrogen-bond acceptors (Lipinski definition) is 5. The van der Waals surface area contributed by atoms with Crippen LogP contribution in [0.2, 0.25) is 0 Å². The van der Waals surface area contributed by atoms with Gasteiger partial charge in [0.25, 0.3) is 0 Å². The van der Waals surface area contributed by atoms with E-state index in [1.807, 2.05) is 0 Å². The molecule has 2 aliphatic rings. The highest BCUT2D eigenvalue weighted by molar-refractivity contribution is 5.81. The summed E-state index contributed by atoms with van der Waals surface area (Å²) in [6.45, 7) is 1.71. The first kappa shape index (κ1) is 12.4. The number of rotatable bonds is 4. The van der Waals surface area contributed by atoms with Gasteiger partial charge in [-0.1, -0.05) is 12.8 Å². The molecule has 1 saturated heterocycles. The van der Waals surface area contributed by atoms with Crippen molar-refractivity contribution in [2.75, 3.05) is 6.61 Å². The molecular weight excluding hydrogens is 224 g/mol. The van der Waals surface area contributed by atoms with Gasteiger partial charge in [-0.2, -0.15) is 0 Å². The highest BCUT2D eigenvalue weighted by Crippen LogP contribution is 2.21. The van der Waals surface area contributed by atoms with Gasteiger partial charge in [-0.3, -0.25) is 0 Å². The maximum Gasteiger partial charge on any atom is 0.347 e. The van der Waals surface area contributed by atoms with E-state index in [1.165, 1.54) is 0 Å². The average molecular weight is 242 g/mol. The van der Waals surface area contributed by atoms with Gasteiger partial charge in [-0.05, 0) is 19.8 Å². The van der Waals surface area contributed by atoms with Crippen molar-refractivity contribution in [3.05, 3.63) is 0 Å². The van der Waals surface area contributed by atoms with E-state index in [-0.39, 0.29) is 18.8 Å². The molecule has 0 spiro atoms. The summed E-state index contributed by atoms with van der Waals surface area (Å²) < 4.78 is 15.3. The van der Waals surface area contributed by atoms with Gasteiger partial charge in [0.2, 0.25) is 6.10 Å². The molecule has 17 heavy (non-hydrogen) atoms. The Morgan fingerprint density at radius 1 is 1.41 bits per heavy atom. The molecule has 2 rings (SSSR count). The van der Waals surface area contributed by atoms with Gasteiger partial charge in [0.1, 0.15) is 12.7 Å². The molecular formula is C12H18O5. The summed E-state index contributed by atoms with van der Waals surface area (Å²) in [6, 6.07) is 0. The van der Waals surface area contributed by atoms with Crippen molar-refractivity contribution in [2.45, 2.75) is 57.3 Å². The standard InChI is InChI=1S/C12H18O5/c1-8-6-10(12(14)16-8)17-11(13)7-15-9-4-2-3-5-9/h8-10H,2-7H2,1H3/t8-,10-/m0/s1. The number of esters is 2. The second-order valence-electron chi connectivity index (χ2n) is 4.68. The lowest BCUT2D eigenvalue weighted by atomic mass is 10.2. The van der Waals surface area contributed by atoms with Crippen molar-refractivity contribution in [1.29, 1.82) is 0 Å². The van der Waals surface area contributed by atoms with Gasteiger partial charge in [0.05, 0.1) is 6.10 Å². The van der Waals surface area contributed by atoms with E-state index in [0.717, 1.165) is 25.7 Å². The fourth-order valence-corrected chi connectivity index (χ4v) is 2.25. The Hall–Kier alpha value is -1.10. The first-order valence-electron chi connectivity index (χ1n) is 6.16. The lowest BCUT2D eigenvalue weighted by Gasteiger charge is -2.12. The summed E-state index contributed by atoms with van der Waals surface area (Å²) in [5.41, 5.74) is 0. The van der Waals surface area contributed by atoms with Gasteiger partial charge in [-0.25, -0.2) is 9.59 Å². The molecule has 0 radical (unpaired) electrons. The van der Waals surface area contributed by atoms with Gasteiger partial charge >= 0.3 is 11.9 Å². The summed E-state index contributed by atoms with van der Waals surface area (Å²) in [7, 11) is 0. The molecule has 0 amide bonds. The number of ether oxygens (including phenoxy) is 3. The van der Waals surface area contributed by atoms with Crippen LogP contribution < -0.4 is 0 Å². The van der Waals surface area contributed by atoms with E-state index >= 15 is 0 Å². The van der Waals surface area contributed by atoms with Crippen LogP contribution in [0, 0.1) is 0 Å². The third kappa shape index (κ3) is 3.43. The minimum Gasteiger partial charge on any atom is -0.460 e. The Morgan fingerprint density at radius 3 is 2.71 bits per heavy atom. The SMILES string of the molecule is C[C@H]1C[C@H](OC(=O)COC2CCCC2)C(=O)O1. The van der Waals surface area contributed by atoms with E-state index in [2.05, 4.69) is 0 Å². The van der Waals surface area contributed by atoms with Crippen LogP contribution in [-0.2, 0) is 23.8 Å². The zero-order valence-electron chi connectivity index (χ0n) is 10.0. The quantitative estimate of drug-likeness (QED) is 0.693. The van der Waals surface area contributed by atoms with Crippen molar-refractivity contribution < 1.29 is 23.8 Å². The molecule has 5 heteroatoms. The Morgan fingerprint density at radius 2 is 2.12 bits per heavy atom. The largest absolute Gasteiger partial charge is 0.460 e. The molecule has 1 aliphatic carbocycles. The highest BCUT2D eigenvalue weighted by atomic mass is 16.6. The number of carbonyl (C=O) groups is 2. The Bertz CT molecular complexity index is 295. The minimum atomic E-state index is -0.746. The zero-order valence-corrected chi connectivity index (χ0v) is 10.0. The molecule has 1 saturated carbocycles. The molecule has 0 aromatic rings. The second kappa shape index (κ2) is 5.49. The lowest BCUT2D eigenvalue weighted by molar-refractivity contribution is -0.165. The summed E-state index contributed by atoms with van der Waals surface area (Å²) >= 11 is 0. The van der Waals surface area contributed by atoms with E-state index in [1.54, 1.807) is 6.92 Å². The Labute approximate surface area is 100 Å². The van der Waals surface area contributed by atoms with Crippen LogP contribution >= 0.6 is 0 Å². The predicted molar refractivity (Wildman–Crippen MR) is 58.3 cm³/mol. The van der Waals surface area contributed by atoms with Crippen LogP contribution in [0.5, 0.6) is 0 Å². The lowest BCUT2D eigenvalue weighted by Crippen LogP contribution is -2.26. The molecule has 0 aromatic carbocycles. The molecule has 0 N–H and O–H groups in total. The van der Waals surface area contributed by atoms with Gasteiger partial charge in [0.15, 0.2) is 0 Å².